The lowest BCUT2D eigenvalue weighted by molar-refractivity contribution is -0.138. The van der Waals surface area contributed by atoms with Crippen molar-refractivity contribution in [2.45, 2.75) is 19.3 Å². The summed E-state index contributed by atoms with van der Waals surface area (Å²) in [5.74, 6) is 0. The molecule has 6 heteroatoms. The Kier molecular flexibility index (Phi) is 4.77. The highest BCUT2D eigenvalue weighted by atomic mass is 79.9. The van der Waals surface area contributed by atoms with Gasteiger partial charge in [-0.05, 0) is 39.7 Å². The molecule has 0 aliphatic rings. The molecule has 0 unspecified atom stereocenters. The SMILES string of the molecule is FC(F)(F)c1ccccc1CNCc1cccc(Br)n1. The van der Waals surface area contributed by atoms with Crippen molar-refractivity contribution in [2.24, 2.45) is 0 Å². The van der Waals surface area contributed by atoms with Gasteiger partial charge in [0.05, 0.1) is 11.3 Å². The van der Waals surface area contributed by atoms with Crippen molar-refractivity contribution in [2.75, 3.05) is 0 Å². The number of alkyl halides is 3. The lowest BCUT2D eigenvalue weighted by Gasteiger charge is -2.13. The Hall–Kier alpha value is -1.40. The fourth-order valence-corrected chi connectivity index (χ4v) is 2.21. The second-order valence-corrected chi connectivity index (χ2v) is 5.02. The highest BCUT2D eigenvalue weighted by molar-refractivity contribution is 9.10. The van der Waals surface area contributed by atoms with Gasteiger partial charge in [-0.25, -0.2) is 4.98 Å². The topological polar surface area (TPSA) is 24.9 Å². The van der Waals surface area contributed by atoms with Crippen LogP contribution in [0.25, 0.3) is 0 Å². The van der Waals surface area contributed by atoms with Crippen LogP contribution in [0, 0.1) is 0 Å². The second kappa shape index (κ2) is 6.37. The van der Waals surface area contributed by atoms with Crippen molar-refractivity contribution >= 4 is 15.9 Å². The van der Waals surface area contributed by atoms with Crippen LogP contribution in [-0.2, 0) is 19.3 Å². The molecule has 0 bridgehead atoms. The molecule has 0 amide bonds. The number of pyridine rings is 1. The maximum Gasteiger partial charge on any atom is 0.416 e. The van der Waals surface area contributed by atoms with E-state index in [2.05, 4.69) is 26.2 Å². The number of aromatic nitrogens is 1. The molecule has 2 rings (SSSR count). The number of nitrogens with zero attached hydrogens (tertiary/aromatic N) is 1. The fraction of sp³-hybridized carbons (Fsp3) is 0.214. The number of rotatable bonds is 4. The summed E-state index contributed by atoms with van der Waals surface area (Å²) < 4.78 is 39.1. The van der Waals surface area contributed by atoms with Gasteiger partial charge in [-0.1, -0.05) is 24.3 Å². The van der Waals surface area contributed by atoms with Gasteiger partial charge in [-0.15, -0.1) is 0 Å². The van der Waals surface area contributed by atoms with Crippen LogP contribution in [0.5, 0.6) is 0 Å². The van der Waals surface area contributed by atoms with Crippen LogP contribution < -0.4 is 5.32 Å². The summed E-state index contributed by atoms with van der Waals surface area (Å²) in [5.41, 5.74) is 0.397. The zero-order chi connectivity index (χ0) is 14.6. The molecule has 1 heterocycles. The molecule has 0 spiro atoms. The molecule has 20 heavy (non-hydrogen) atoms. The van der Waals surface area contributed by atoms with Crippen LogP contribution in [0.2, 0.25) is 0 Å². The highest BCUT2D eigenvalue weighted by Crippen LogP contribution is 2.31. The summed E-state index contributed by atoms with van der Waals surface area (Å²) in [6, 6.07) is 11.0. The molecular weight excluding hydrogens is 333 g/mol. The van der Waals surface area contributed by atoms with E-state index in [1.807, 2.05) is 12.1 Å². The standard InChI is InChI=1S/C14H12BrF3N2/c15-13-7-3-5-11(20-13)9-19-8-10-4-1-2-6-12(10)14(16,17)18/h1-7,19H,8-9H2. The third-order valence-corrected chi connectivity index (χ3v) is 3.16. The molecule has 0 atom stereocenters. The summed E-state index contributed by atoms with van der Waals surface area (Å²) in [5, 5.41) is 2.97. The van der Waals surface area contributed by atoms with E-state index in [-0.39, 0.29) is 12.1 Å². The Balaban J connectivity index is 2.01. The van der Waals surface area contributed by atoms with Crippen molar-refractivity contribution in [1.29, 1.82) is 0 Å². The molecule has 1 N–H and O–H groups in total. The van der Waals surface area contributed by atoms with E-state index in [1.54, 1.807) is 12.1 Å². The van der Waals surface area contributed by atoms with E-state index in [4.69, 9.17) is 0 Å². The van der Waals surface area contributed by atoms with Crippen LogP contribution in [0.15, 0.2) is 47.1 Å². The van der Waals surface area contributed by atoms with Gasteiger partial charge in [0.25, 0.3) is 0 Å². The van der Waals surface area contributed by atoms with E-state index in [0.717, 1.165) is 11.8 Å². The molecule has 2 nitrogen and oxygen atoms in total. The van der Waals surface area contributed by atoms with Gasteiger partial charge < -0.3 is 5.32 Å². The summed E-state index contributed by atoms with van der Waals surface area (Å²) in [4.78, 5) is 4.21. The average molecular weight is 345 g/mol. The Morgan fingerprint density at radius 3 is 2.45 bits per heavy atom. The molecule has 0 radical (unpaired) electrons. The van der Waals surface area contributed by atoms with Gasteiger partial charge in [-0.2, -0.15) is 13.2 Å². The van der Waals surface area contributed by atoms with Gasteiger partial charge in [0.15, 0.2) is 0 Å². The van der Waals surface area contributed by atoms with E-state index in [1.165, 1.54) is 12.1 Å². The fourth-order valence-electron chi connectivity index (χ4n) is 1.83. The minimum absolute atomic E-state index is 0.143. The van der Waals surface area contributed by atoms with Crippen LogP contribution in [-0.4, -0.2) is 4.98 Å². The first-order valence-corrected chi connectivity index (χ1v) is 6.73. The van der Waals surface area contributed by atoms with Gasteiger partial charge in [0.1, 0.15) is 4.60 Å². The Bertz CT molecular complexity index is 585. The van der Waals surface area contributed by atoms with Gasteiger partial charge in [-0.3, -0.25) is 0 Å². The molecule has 0 aliphatic carbocycles. The van der Waals surface area contributed by atoms with Crippen LogP contribution in [0.3, 0.4) is 0 Å². The second-order valence-electron chi connectivity index (χ2n) is 4.21. The zero-order valence-corrected chi connectivity index (χ0v) is 12.0. The minimum Gasteiger partial charge on any atom is -0.307 e. The first kappa shape index (κ1) is 15.0. The van der Waals surface area contributed by atoms with Gasteiger partial charge in [0.2, 0.25) is 0 Å². The predicted octanol–water partition coefficient (Wildman–Crippen LogP) is 4.15. The lowest BCUT2D eigenvalue weighted by Crippen LogP contribution is -2.17. The minimum atomic E-state index is -4.33. The number of benzene rings is 1. The molecule has 106 valence electrons. The Labute approximate surface area is 123 Å². The molecule has 2 aromatic rings. The summed E-state index contributed by atoms with van der Waals surface area (Å²) in [7, 11) is 0. The van der Waals surface area contributed by atoms with Crippen molar-refractivity contribution in [1.82, 2.24) is 10.3 Å². The highest BCUT2D eigenvalue weighted by Gasteiger charge is 2.32. The van der Waals surface area contributed by atoms with Crippen LogP contribution in [0.4, 0.5) is 13.2 Å². The van der Waals surface area contributed by atoms with Gasteiger partial charge in [0, 0.05) is 13.1 Å². The van der Waals surface area contributed by atoms with E-state index < -0.39 is 11.7 Å². The normalized spacial score (nSPS) is 11.6. The third-order valence-electron chi connectivity index (χ3n) is 2.72. The lowest BCUT2D eigenvalue weighted by atomic mass is 10.1. The number of halogens is 4. The molecular formula is C14H12BrF3N2. The third kappa shape index (κ3) is 4.05. The van der Waals surface area contributed by atoms with Gasteiger partial charge >= 0.3 is 6.18 Å². The first-order valence-electron chi connectivity index (χ1n) is 5.94. The van der Waals surface area contributed by atoms with Crippen LogP contribution in [0.1, 0.15) is 16.8 Å². The molecule has 0 saturated heterocycles. The average Bonchev–Trinajstić information content (AvgIpc) is 2.38. The Morgan fingerprint density at radius 2 is 1.75 bits per heavy atom. The quantitative estimate of drug-likeness (QED) is 0.842. The molecule has 0 saturated carbocycles. The number of hydrogen-bond acceptors (Lipinski definition) is 2. The summed E-state index contributed by atoms with van der Waals surface area (Å²) in [6.45, 7) is 0.551. The summed E-state index contributed by atoms with van der Waals surface area (Å²) in [6.07, 6.45) is -4.33. The van der Waals surface area contributed by atoms with Crippen molar-refractivity contribution < 1.29 is 13.2 Å². The molecule has 1 aromatic carbocycles. The zero-order valence-electron chi connectivity index (χ0n) is 10.4. The van der Waals surface area contributed by atoms with Crippen LogP contribution >= 0.6 is 15.9 Å². The molecule has 0 aliphatic heterocycles. The van der Waals surface area contributed by atoms with Crippen molar-refractivity contribution in [3.8, 4) is 0 Å². The summed E-state index contributed by atoms with van der Waals surface area (Å²) >= 11 is 3.25. The number of hydrogen-bond donors (Lipinski definition) is 1. The van der Waals surface area contributed by atoms with Crippen molar-refractivity contribution in [3.05, 3.63) is 63.9 Å². The predicted molar refractivity (Wildman–Crippen MR) is 73.9 cm³/mol. The smallest absolute Gasteiger partial charge is 0.307 e. The molecule has 0 fully saturated rings. The monoisotopic (exact) mass is 344 g/mol. The maximum atomic E-state index is 12.8. The molecule has 1 aromatic heterocycles. The Morgan fingerprint density at radius 1 is 1.00 bits per heavy atom. The van der Waals surface area contributed by atoms with E-state index in [0.29, 0.717) is 11.1 Å². The first-order chi connectivity index (χ1) is 9.47. The number of nitrogens with one attached hydrogen (secondary N) is 1. The van der Waals surface area contributed by atoms with E-state index in [9.17, 15) is 13.2 Å². The maximum absolute atomic E-state index is 12.8. The largest absolute Gasteiger partial charge is 0.416 e. The van der Waals surface area contributed by atoms with E-state index >= 15 is 0 Å². The van der Waals surface area contributed by atoms with Crippen molar-refractivity contribution in [3.63, 3.8) is 0 Å².